The third kappa shape index (κ3) is 3.97. The van der Waals surface area contributed by atoms with Crippen LogP contribution in [0.1, 0.15) is 41.9 Å². The van der Waals surface area contributed by atoms with Crippen LogP contribution in [-0.2, 0) is 6.42 Å². The van der Waals surface area contributed by atoms with Crippen molar-refractivity contribution in [1.29, 1.82) is 0 Å². The minimum atomic E-state index is 0.0479. The minimum absolute atomic E-state index is 0.0479. The number of aromatic nitrogens is 1. The molecule has 0 saturated heterocycles. The third-order valence-electron chi connectivity index (χ3n) is 4.49. The number of ether oxygens (including phenoxy) is 1. The molecule has 0 aliphatic heterocycles. The predicted molar refractivity (Wildman–Crippen MR) is 105 cm³/mol. The Hall–Kier alpha value is -2.59. The molecule has 3 aromatic rings. The van der Waals surface area contributed by atoms with Crippen molar-refractivity contribution in [2.75, 3.05) is 19.7 Å². The number of nitrogens with zero attached hydrogens (tertiary/aromatic N) is 1. The van der Waals surface area contributed by atoms with Crippen molar-refractivity contribution in [3.63, 3.8) is 0 Å². The molecule has 0 unspecified atom stereocenters. The molecule has 26 heavy (non-hydrogen) atoms. The lowest BCUT2D eigenvalue weighted by Crippen LogP contribution is -2.16. The van der Waals surface area contributed by atoms with Gasteiger partial charge in [0.25, 0.3) is 0 Å². The molecule has 0 radical (unpaired) electrons. The molecule has 3 rings (SSSR count). The quantitative estimate of drug-likeness (QED) is 0.466. The van der Waals surface area contributed by atoms with Crippen LogP contribution in [0.5, 0.6) is 5.75 Å². The van der Waals surface area contributed by atoms with Gasteiger partial charge in [-0.3, -0.25) is 4.79 Å². The van der Waals surface area contributed by atoms with E-state index < -0.39 is 0 Å². The summed E-state index contributed by atoms with van der Waals surface area (Å²) < 4.78 is 7.72. The number of rotatable bonds is 9. The van der Waals surface area contributed by atoms with Gasteiger partial charge in [0.15, 0.2) is 0 Å². The minimum Gasteiger partial charge on any atom is -0.494 e. The van der Waals surface area contributed by atoms with Crippen LogP contribution in [0.15, 0.2) is 54.7 Å². The smallest absolute Gasteiger partial charge is 0.210 e. The highest BCUT2D eigenvalue weighted by molar-refractivity contribution is 6.09. The number of carbonyl (C=O) groups is 1. The number of fused-ring (bicyclic) bond motifs is 1. The normalized spacial score (nSPS) is 11.0. The van der Waals surface area contributed by atoms with Crippen molar-refractivity contribution in [3.05, 3.63) is 71.5 Å². The summed E-state index contributed by atoms with van der Waals surface area (Å²) in [6.45, 7) is 6.77. The van der Waals surface area contributed by atoms with Gasteiger partial charge in [0, 0.05) is 17.3 Å². The summed E-state index contributed by atoms with van der Waals surface area (Å²) in [5, 5.41) is 3.27. The van der Waals surface area contributed by atoms with E-state index in [-0.39, 0.29) is 5.78 Å². The van der Waals surface area contributed by atoms with Crippen LogP contribution in [0.4, 0.5) is 0 Å². The summed E-state index contributed by atoms with van der Waals surface area (Å²) in [7, 11) is 0. The number of nitrogens with one attached hydrogen (secondary N) is 1. The SMILES string of the molecule is CCNCCCOc1ccc(C(=O)c2c(CC)cc3ccccn23)cc1. The van der Waals surface area contributed by atoms with Gasteiger partial charge in [-0.05, 0) is 74.0 Å². The zero-order valence-electron chi connectivity index (χ0n) is 15.5. The maximum absolute atomic E-state index is 13.1. The Morgan fingerprint density at radius 1 is 1.12 bits per heavy atom. The molecule has 0 fully saturated rings. The Kier molecular flexibility index (Phi) is 6.08. The van der Waals surface area contributed by atoms with Crippen LogP contribution in [0, 0.1) is 0 Å². The van der Waals surface area contributed by atoms with Crippen LogP contribution in [-0.4, -0.2) is 29.9 Å². The first-order valence-electron chi connectivity index (χ1n) is 9.31. The average Bonchev–Trinajstić information content (AvgIpc) is 3.06. The van der Waals surface area contributed by atoms with Gasteiger partial charge >= 0.3 is 0 Å². The van der Waals surface area contributed by atoms with E-state index in [2.05, 4.69) is 25.2 Å². The Bertz CT molecular complexity index is 865. The lowest BCUT2D eigenvalue weighted by molar-refractivity contribution is 0.103. The summed E-state index contributed by atoms with van der Waals surface area (Å²) in [6, 6.07) is 15.5. The summed E-state index contributed by atoms with van der Waals surface area (Å²) >= 11 is 0. The van der Waals surface area contributed by atoms with Crippen LogP contribution >= 0.6 is 0 Å². The number of hydrogen-bond acceptors (Lipinski definition) is 3. The second-order valence-electron chi connectivity index (χ2n) is 6.28. The van der Waals surface area contributed by atoms with Gasteiger partial charge in [0.05, 0.1) is 12.3 Å². The van der Waals surface area contributed by atoms with E-state index in [1.165, 1.54) is 0 Å². The highest BCUT2D eigenvalue weighted by Gasteiger charge is 2.18. The molecule has 4 nitrogen and oxygen atoms in total. The van der Waals surface area contributed by atoms with E-state index in [1.807, 2.05) is 53.1 Å². The van der Waals surface area contributed by atoms with Gasteiger partial charge in [-0.2, -0.15) is 0 Å². The summed E-state index contributed by atoms with van der Waals surface area (Å²) in [4.78, 5) is 13.1. The molecular weight excluding hydrogens is 324 g/mol. The second-order valence-corrected chi connectivity index (χ2v) is 6.28. The van der Waals surface area contributed by atoms with Crippen molar-refractivity contribution >= 4 is 11.3 Å². The molecule has 2 aromatic heterocycles. The Labute approximate surface area is 154 Å². The zero-order chi connectivity index (χ0) is 18.4. The highest BCUT2D eigenvalue weighted by Crippen LogP contribution is 2.22. The molecule has 0 aliphatic rings. The molecule has 4 heteroatoms. The fraction of sp³-hybridized carbons (Fsp3) is 0.318. The summed E-state index contributed by atoms with van der Waals surface area (Å²) in [5.41, 5.74) is 3.56. The molecule has 0 saturated carbocycles. The average molecular weight is 350 g/mol. The first-order valence-corrected chi connectivity index (χ1v) is 9.31. The van der Waals surface area contributed by atoms with E-state index in [0.29, 0.717) is 12.2 Å². The monoisotopic (exact) mass is 350 g/mol. The van der Waals surface area contributed by atoms with Gasteiger partial charge in [-0.25, -0.2) is 0 Å². The van der Waals surface area contributed by atoms with Gasteiger partial charge in [-0.15, -0.1) is 0 Å². The predicted octanol–water partition coefficient (Wildman–Crippen LogP) is 4.11. The number of benzene rings is 1. The maximum atomic E-state index is 13.1. The van der Waals surface area contributed by atoms with Crippen LogP contribution in [0.25, 0.3) is 5.52 Å². The Morgan fingerprint density at radius 2 is 1.92 bits per heavy atom. The Balaban J connectivity index is 1.74. The maximum Gasteiger partial charge on any atom is 0.210 e. The molecular formula is C22H26N2O2. The lowest BCUT2D eigenvalue weighted by atomic mass is 10.0. The van der Waals surface area contributed by atoms with Crippen LogP contribution < -0.4 is 10.1 Å². The zero-order valence-corrected chi connectivity index (χ0v) is 15.5. The van der Waals surface area contributed by atoms with Crippen molar-refractivity contribution in [2.24, 2.45) is 0 Å². The highest BCUT2D eigenvalue weighted by atomic mass is 16.5. The topological polar surface area (TPSA) is 42.7 Å². The summed E-state index contributed by atoms with van der Waals surface area (Å²) in [5.74, 6) is 0.848. The number of aryl methyl sites for hydroxylation is 1. The van der Waals surface area contributed by atoms with Gasteiger partial charge in [0.2, 0.25) is 5.78 Å². The van der Waals surface area contributed by atoms with Crippen molar-refractivity contribution in [2.45, 2.75) is 26.7 Å². The van der Waals surface area contributed by atoms with E-state index in [0.717, 1.165) is 48.5 Å². The van der Waals surface area contributed by atoms with Gasteiger partial charge in [-0.1, -0.05) is 19.9 Å². The first-order chi connectivity index (χ1) is 12.7. The molecule has 0 atom stereocenters. The molecule has 136 valence electrons. The van der Waals surface area contributed by atoms with Gasteiger partial charge in [0.1, 0.15) is 5.75 Å². The fourth-order valence-corrected chi connectivity index (χ4v) is 3.11. The van der Waals surface area contributed by atoms with Crippen LogP contribution in [0.2, 0.25) is 0 Å². The molecule has 0 aliphatic carbocycles. The number of ketones is 1. The molecule has 2 heterocycles. The number of hydrogen-bond donors (Lipinski definition) is 1. The largest absolute Gasteiger partial charge is 0.494 e. The molecule has 0 bridgehead atoms. The fourth-order valence-electron chi connectivity index (χ4n) is 3.11. The van der Waals surface area contributed by atoms with E-state index in [1.54, 1.807) is 0 Å². The standard InChI is InChI=1S/C22H26N2O2/c1-3-17-16-19-8-5-6-14-24(19)21(17)22(25)18-9-11-20(12-10-18)26-15-7-13-23-4-2/h5-6,8-12,14,16,23H,3-4,7,13,15H2,1-2H3. The first kappa shape index (κ1) is 18.2. The van der Waals surface area contributed by atoms with Crippen molar-refractivity contribution < 1.29 is 9.53 Å². The second kappa shape index (κ2) is 8.68. The molecule has 0 spiro atoms. The van der Waals surface area contributed by atoms with Crippen LogP contribution in [0.3, 0.4) is 0 Å². The third-order valence-corrected chi connectivity index (χ3v) is 4.49. The van der Waals surface area contributed by atoms with Crippen molar-refractivity contribution in [3.8, 4) is 5.75 Å². The molecule has 1 aromatic carbocycles. The van der Waals surface area contributed by atoms with E-state index >= 15 is 0 Å². The molecule has 1 N–H and O–H groups in total. The number of pyridine rings is 1. The Morgan fingerprint density at radius 3 is 2.65 bits per heavy atom. The van der Waals surface area contributed by atoms with Gasteiger partial charge < -0.3 is 14.5 Å². The summed E-state index contributed by atoms with van der Waals surface area (Å²) in [6.07, 6.45) is 3.74. The lowest BCUT2D eigenvalue weighted by Gasteiger charge is -2.08. The van der Waals surface area contributed by atoms with Crippen molar-refractivity contribution in [1.82, 2.24) is 9.72 Å². The molecule has 0 amide bonds. The van der Waals surface area contributed by atoms with E-state index in [9.17, 15) is 4.79 Å². The number of carbonyl (C=O) groups excluding carboxylic acids is 1. The van der Waals surface area contributed by atoms with E-state index in [4.69, 9.17) is 4.74 Å².